The highest BCUT2D eigenvalue weighted by atomic mass is 16.5. The van der Waals surface area contributed by atoms with E-state index in [-0.39, 0.29) is 5.91 Å². The molecule has 1 saturated heterocycles. The van der Waals surface area contributed by atoms with Crippen LogP contribution in [0.2, 0.25) is 0 Å². The normalized spacial score (nSPS) is 22.8. The number of rotatable bonds is 8. The van der Waals surface area contributed by atoms with Gasteiger partial charge in [-0.15, -0.1) is 0 Å². The molecule has 0 spiro atoms. The van der Waals surface area contributed by atoms with Crippen molar-refractivity contribution in [3.8, 4) is 5.75 Å². The maximum absolute atomic E-state index is 13.2. The lowest BCUT2D eigenvalue weighted by atomic mass is 10.0. The summed E-state index contributed by atoms with van der Waals surface area (Å²) in [6.45, 7) is -0.395. The molecule has 1 aromatic carbocycles. The predicted octanol–water partition coefficient (Wildman–Crippen LogP) is -0.451. The summed E-state index contributed by atoms with van der Waals surface area (Å²) in [6, 6.07) is 5.63. The van der Waals surface area contributed by atoms with Crippen molar-refractivity contribution in [2.75, 3.05) is 39.8 Å². The van der Waals surface area contributed by atoms with E-state index in [0.717, 1.165) is 5.56 Å². The number of likely N-dealkylation sites (N-methyl/N-ethyl adjacent to an activating group) is 1. The molecule has 0 unspecified atom stereocenters. The smallest absolute Gasteiger partial charge is 0.240 e. The van der Waals surface area contributed by atoms with E-state index >= 15 is 0 Å². The lowest BCUT2D eigenvalue weighted by Gasteiger charge is -2.31. The Kier molecular flexibility index (Phi) is 7.17. The number of benzene rings is 1. The van der Waals surface area contributed by atoms with Crippen LogP contribution >= 0.6 is 0 Å². The van der Waals surface area contributed by atoms with Crippen molar-refractivity contribution in [1.29, 1.82) is 0 Å². The zero-order valence-electron chi connectivity index (χ0n) is 20.1. The minimum atomic E-state index is -1.16. The van der Waals surface area contributed by atoms with Gasteiger partial charge in [-0.1, -0.05) is 12.1 Å². The summed E-state index contributed by atoms with van der Waals surface area (Å²) in [7, 11) is 6.82. The van der Waals surface area contributed by atoms with Crippen LogP contribution in [-0.2, 0) is 16.0 Å². The fourth-order valence-electron chi connectivity index (χ4n) is 4.45. The van der Waals surface area contributed by atoms with Gasteiger partial charge in [0.05, 0.1) is 32.1 Å². The van der Waals surface area contributed by atoms with Gasteiger partial charge in [-0.3, -0.25) is 9.36 Å². The number of amides is 1. The van der Waals surface area contributed by atoms with Crippen molar-refractivity contribution >= 4 is 22.9 Å². The highest BCUT2D eigenvalue weighted by Gasteiger charge is 2.48. The molecule has 0 aliphatic carbocycles. The number of aliphatic hydroxyl groups excluding tert-OH is 2. The fourth-order valence-corrected chi connectivity index (χ4v) is 4.45. The van der Waals surface area contributed by atoms with Gasteiger partial charge >= 0.3 is 0 Å². The Hall–Kier alpha value is -3.32. The number of nitrogens with two attached hydrogens (primary N) is 1. The lowest BCUT2D eigenvalue weighted by molar-refractivity contribution is -0.136. The maximum atomic E-state index is 13.2. The van der Waals surface area contributed by atoms with Gasteiger partial charge in [0.15, 0.2) is 23.2 Å². The zero-order chi connectivity index (χ0) is 25.3. The fraction of sp³-hybridized carbons (Fsp3) is 0.478. The number of fused-ring (bicyclic) bond motifs is 1. The van der Waals surface area contributed by atoms with E-state index in [1.54, 1.807) is 30.9 Å². The minimum Gasteiger partial charge on any atom is -0.497 e. The first-order valence-corrected chi connectivity index (χ1v) is 11.2. The molecular formula is C23H31N7O5. The molecule has 0 saturated carbocycles. The summed E-state index contributed by atoms with van der Waals surface area (Å²) in [6.07, 6.45) is 0.315. The second kappa shape index (κ2) is 10.1. The summed E-state index contributed by atoms with van der Waals surface area (Å²) in [5.41, 5.74) is 8.11. The predicted molar refractivity (Wildman–Crippen MR) is 128 cm³/mol. The molecule has 1 fully saturated rings. The Morgan fingerprint density at radius 1 is 1.23 bits per heavy atom. The molecule has 4 rings (SSSR count). The number of aliphatic hydroxyl groups is 2. The molecule has 1 aliphatic heterocycles. The van der Waals surface area contributed by atoms with Gasteiger partial charge in [0, 0.05) is 21.1 Å². The summed E-state index contributed by atoms with van der Waals surface area (Å²) in [5.74, 6) is 0.956. The first kappa shape index (κ1) is 24.8. The Balaban J connectivity index is 1.54. The molecule has 4 N–H and O–H groups in total. The molecule has 0 bridgehead atoms. The molecule has 2 aromatic heterocycles. The second-order valence-corrected chi connectivity index (χ2v) is 8.75. The monoisotopic (exact) mass is 485 g/mol. The van der Waals surface area contributed by atoms with E-state index in [0.29, 0.717) is 29.2 Å². The number of carbonyl (C=O) groups is 1. The molecule has 5 atom stereocenters. The van der Waals surface area contributed by atoms with Crippen molar-refractivity contribution in [3.63, 3.8) is 0 Å². The standard InChI is InChI=1S/C23H31N7O5/c1-28(2)20-17-21(26-11-25-20)30(12-27-17)23-19(32)18(16(10-31)35-23)29(3)22(33)15(24)9-13-5-7-14(34-4)8-6-13/h5-8,11-12,15-16,18-19,23,31-32H,9-10,24H2,1-4H3/t15-,16+,18-,19-,23+/m1/s1. The van der Waals surface area contributed by atoms with Crippen molar-refractivity contribution in [3.05, 3.63) is 42.5 Å². The molecular weight excluding hydrogens is 454 g/mol. The van der Waals surface area contributed by atoms with Crippen molar-refractivity contribution in [2.45, 2.75) is 36.9 Å². The third kappa shape index (κ3) is 4.65. The molecule has 12 heteroatoms. The largest absolute Gasteiger partial charge is 0.497 e. The van der Waals surface area contributed by atoms with E-state index < -0.39 is 37.1 Å². The number of methoxy groups -OCH3 is 1. The van der Waals surface area contributed by atoms with Crippen LogP contribution in [0, 0.1) is 0 Å². The van der Waals surface area contributed by atoms with E-state index in [9.17, 15) is 15.0 Å². The summed E-state index contributed by atoms with van der Waals surface area (Å²) >= 11 is 0. The van der Waals surface area contributed by atoms with Crippen molar-refractivity contribution in [1.82, 2.24) is 24.4 Å². The number of imidazole rings is 1. The molecule has 188 valence electrons. The van der Waals surface area contributed by atoms with Crippen LogP contribution in [0.4, 0.5) is 5.82 Å². The first-order chi connectivity index (χ1) is 16.8. The van der Waals surface area contributed by atoms with Gasteiger partial charge in [-0.2, -0.15) is 0 Å². The number of hydrogen-bond acceptors (Lipinski definition) is 10. The van der Waals surface area contributed by atoms with Crippen LogP contribution in [0.25, 0.3) is 11.2 Å². The maximum Gasteiger partial charge on any atom is 0.240 e. The summed E-state index contributed by atoms with van der Waals surface area (Å²) < 4.78 is 12.7. The van der Waals surface area contributed by atoms with Gasteiger partial charge in [0.1, 0.15) is 24.3 Å². The zero-order valence-corrected chi connectivity index (χ0v) is 20.1. The Bertz CT molecular complexity index is 1170. The molecule has 35 heavy (non-hydrogen) atoms. The molecule has 0 radical (unpaired) electrons. The quantitative estimate of drug-likeness (QED) is 0.382. The third-order valence-electron chi connectivity index (χ3n) is 6.28. The van der Waals surface area contributed by atoms with Crippen LogP contribution < -0.4 is 15.4 Å². The average molecular weight is 486 g/mol. The van der Waals surface area contributed by atoms with Crippen molar-refractivity contribution < 1.29 is 24.5 Å². The SMILES string of the molecule is COc1ccc(C[C@@H](N)C(=O)N(C)[C@H]2[C@@H](O)[C@@H](n3cnc4c(N(C)C)ncnc43)O[C@H]2CO)cc1. The number of hydrogen-bond donors (Lipinski definition) is 3. The van der Waals surface area contributed by atoms with E-state index in [1.807, 2.05) is 31.1 Å². The molecule has 3 heterocycles. The summed E-state index contributed by atoms with van der Waals surface area (Å²) in [5, 5.41) is 21.2. The number of anilines is 1. The van der Waals surface area contributed by atoms with Crippen LogP contribution in [0.1, 0.15) is 11.8 Å². The Morgan fingerprint density at radius 2 is 1.94 bits per heavy atom. The van der Waals surface area contributed by atoms with Gasteiger partial charge in [0.25, 0.3) is 0 Å². The van der Waals surface area contributed by atoms with Gasteiger partial charge in [-0.05, 0) is 24.1 Å². The first-order valence-electron chi connectivity index (χ1n) is 11.2. The highest BCUT2D eigenvalue weighted by molar-refractivity contribution is 5.83. The van der Waals surface area contributed by atoms with Gasteiger partial charge in [0.2, 0.25) is 5.91 Å². The molecule has 3 aromatic rings. The van der Waals surface area contributed by atoms with E-state index in [2.05, 4.69) is 15.0 Å². The highest BCUT2D eigenvalue weighted by Crippen LogP contribution is 2.34. The van der Waals surface area contributed by atoms with Crippen LogP contribution in [0.3, 0.4) is 0 Å². The third-order valence-corrected chi connectivity index (χ3v) is 6.28. The Morgan fingerprint density at radius 3 is 2.57 bits per heavy atom. The number of nitrogens with zero attached hydrogens (tertiary/aromatic N) is 6. The van der Waals surface area contributed by atoms with Gasteiger partial charge in [-0.25, -0.2) is 15.0 Å². The topological polar surface area (TPSA) is 152 Å². The minimum absolute atomic E-state index is 0.306. The number of carbonyl (C=O) groups excluding carboxylic acids is 1. The van der Waals surface area contributed by atoms with E-state index in [4.69, 9.17) is 15.2 Å². The molecule has 1 aliphatic rings. The second-order valence-electron chi connectivity index (χ2n) is 8.75. The van der Waals surface area contributed by atoms with Crippen molar-refractivity contribution in [2.24, 2.45) is 5.73 Å². The van der Waals surface area contributed by atoms with Crippen LogP contribution in [0.5, 0.6) is 5.75 Å². The average Bonchev–Trinajstić information content (AvgIpc) is 3.43. The number of ether oxygens (including phenoxy) is 2. The van der Waals surface area contributed by atoms with Gasteiger partial charge < -0.3 is 35.2 Å². The van der Waals surface area contributed by atoms with Crippen LogP contribution in [0.15, 0.2) is 36.9 Å². The van der Waals surface area contributed by atoms with E-state index in [1.165, 1.54) is 17.6 Å². The summed E-state index contributed by atoms with van der Waals surface area (Å²) in [4.78, 5) is 29.3. The van der Waals surface area contributed by atoms with Crippen LogP contribution in [-0.4, -0.2) is 99.7 Å². The molecule has 12 nitrogen and oxygen atoms in total. The Labute approximate surface area is 202 Å². The lowest BCUT2D eigenvalue weighted by Crippen LogP contribution is -2.54. The number of aromatic nitrogens is 4. The molecule has 1 amide bonds.